The molecule has 10 heteroatoms. The molecule has 1 unspecified atom stereocenters. The number of aromatic nitrogens is 2. The lowest BCUT2D eigenvalue weighted by atomic mass is 10.0. The zero-order valence-electron chi connectivity index (χ0n) is 19.1. The van der Waals surface area contributed by atoms with Gasteiger partial charge in [-0.15, -0.1) is 11.3 Å². The number of thiophene rings is 1. The van der Waals surface area contributed by atoms with Gasteiger partial charge in [-0.3, -0.25) is 4.79 Å². The van der Waals surface area contributed by atoms with Gasteiger partial charge in [-0.25, -0.2) is 9.78 Å². The Morgan fingerprint density at radius 3 is 2.94 bits per heavy atom. The Balaban J connectivity index is 1.39. The lowest BCUT2D eigenvalue weighted by Crippen LogP contribution is -2.43. The van der Waals surface area contributed by atoms with Crippen LogP contribution in [0.1, 0.15) is 46.8 Å². The predicted molar refractivity (Wildman–Crippen MR) is 129 cm³/mol. The summed E-state index contributed by atoms with van der Waals surface area (Å²) in [4.78, 5) is 35.2. The Morgan fingerprint density at radius 2 is 2.21 bits per heavy atom. The fraction of sp³-hybridized carbons (Fsp3) is 0.333. The van der Waals surface area contributed by atoms with Crippen LogP contribution >= 0.6 is 11.3 Å². The zero-order chi connectivity index (χ0) is 24.1. The number of H-pyrrole nitrogens is 1. The molecule has 0 spiro atoms. The van der Waals surface area contributed by atoms with Gasteiger partial charge in [-0.1, -0.05) is 18.2 Å². The fourth-order valence-electron chi connectivity index (χ4n) is 3.99. The van der Waals surface area contributed by atoms with E-state index in [-0.39, 0.29) is 24.4 Å². The largest absolute Gasteiger partial charge is 0.496 e. The van der Waals surface area contributed by atoms with Crippen LogP contribution in [-0.4, -0.2) is 40.5 Å². The van der Waals surface area contributed by atoms with Gasteiger partial charge in [0.25, 0.3) is 0 Å². The first-order valence-electron chi connectivity index (χ1n) is 11.0. The first-order chi connectivity index (χ1) is 16.5. The van der Waals surface area contributed by atoms with E-state index in [4.69, 9.17) is 4.74 Å². The first-order valence-corrected chi connectivity index (χ1v) is 11.8. The van der Waals surface area contributed by atoms with Crippen LogP contribution in [0.3, 0.4) is 0 Å². The number of hydrogen-bond acceptors (Lipinski definition) is 6. The molecular weight excluding hydrogens is 452 g/mol. The van der Waals surface area contributed by atoms with Crippen molar-refractivity contribution in [3.8, 4) is 11.8 Å². The van der Waals surface area contributed by atoms with Crippen molar-refractivity contribution >= 4 is 28.3 Å². The van der Waals surface area contributed by atoms with Crippen molar-refractivity contribution in [2.75, 3.05) is 19.0 Å². The highest BCUT2D eigenvalue weighted by Gasteiger charge is 2.28. The number of nitrogens with one attached hydrogen (secondary N) is 3. The average Bonchev–Trinajstić information content (AvgIpc) is 3.50. The summed E-state index contributed by atoms with van der Waals surface area (Å²) in [6, 6.07) is 9.40. The number of methoxy groups -OCH3 is 1. The Kier molecular flexibility index (Phi) is 7.13. The molecule has 0 fully saturated rings. The Morgan fingerprint density at radius 1 is 1.38 bits per heavy atom. The number of para-hydroxylation sites is 1. The maximum Gasteiger partial charge on any atom is 0.318 e. The summed E-state index contributed by atoms with van der Waals surface area (Å²) in [5, 5.41) is 16.1. The summed E-state index contributed by atoms with van der Waals surface area (Å²) in [5.41, 5.74) is 2.36. The number of imidazole rings is 1. The molecular formula is C24H26N6O3S. The number of carbonyl (C=O) groups excluding carboxylic acids is 2. The van der Waals surface area contributed by atoms with Gasteiger partial charge in [0.1, 0.15) is 22.6 Å². The number of aromatic amines is 1. The van der Waals surface area contributed by atoms with Crippen LogP contribution < -0.4 is 15.4 Å². The van der Waals surface area contributed by atoms with Crippen LogP contribution in [0.15, 0.2) is 36.7 Å². The second-order valence-electron chi connectivity index (χ2n) is 8.00. The number of fused-ring (bicyclic) bond motifs is 1. The van der Waals surface area contributed by atoms with Crippen LogP contribution in [-0.2, 0) is 24.2 Å². The van der Waals surface area contributed by atoms with E-state index in [1.165, 1.54) is 11.3 Å². The van der Waals surface area contributed by atoms with Crippen LogP contribution in [0.25, 0.3) is 0 Å². The first kappa shape index (κ1) is 23.3. The van der Waals surface area contributed by atoms with Crippen LogP contribution in [0, 0.1) is 11.3 Å². The van der Waals surface area contributed by atoms with Gasteiger partial charge in [0.15, 0.2) is 0 Å². The second kappa shape index (κ2) is 10.4. The summed E-state index contributed by atoms with van der Waals surface area (Å²) in [5.74, 6) is 1.27. The van der Waals surface area contributed by atoms with Gasteiger partial charge in [-0.05, 0) is 37.0 Å². The van der Waals surface area contributed by atoms with E-state index in [1.807, 2.05) is 31.2 Å². The molecule has 4 rings (SSSR count). The van der Waals surface area contributed by atoms with Crippen molar-refractivity contribution < 1.29 is 14.3 Å². The number of aryl methyl sites for hydroxylation is 1. The quantitative estimate of drug-likeness (QED) is 0.477. The van der Waals surface area contributed by atoms with E-state index in [2.05, 4.69) is 26.7 Å². The van der Waals surface area contributed by atoms with Gasteiger partial charge in [-0.2, -0.15) is 5.26 Å². The number of urea groups is 1. The van der Waals surface area contributed by atoms with E-state index in [1.54, 1.807) is 24.4 Å². The molecule has 0 radical (unpaired) electrons. The van der Waals surface area contributed by atoms with Crippen LogP contribution in [0.4, 0.5) is 9.80 Å². The summed E-state index contributed by atoms with van der Waals surface area (Å²) in [7, 11) is 1.61. The van der Waals surface area contributed by atoms with Crippen molar-refractivity contribution in [3.05, 3.63) is 64.1 Å². The molecule has 3 N–H and O–H groups in total. The third-order valence-electron chi connectivity index (χ3n) is 5.79. The second-order valence-corrected chi connectivity index (χ2v) is 9.10. The molecule has 0 saturated heterocycles. The monoisotopic (exact) mass is 478 g/mol. The van der Waals surface area contributed by atoms with Crippen molar-refractivity contribution in [1.29, 1.82) is 5.26 Å². The number of nitrogens with zero attached hydrogens (tertiary/aromatic N) is 3. The highest BCUT2D eigenvalue weighted by atomic mass is 32.1. The molecule has 2 aromatic heterocycles. The highest BCUT2D eigenvalue weighted by Crippen LogP contribution is 2.37. The number of ether oxygens (including phenoxy) is 1. The minimum absolute atomic E-state index is 0.164. The Bertz CT molecular complexity index is 1210. The summed E-state index contributed by atoms with van der Waals surface area (Å²) >= 11 is 1.36. The highest BCUT2D eigenvalue weighted by molar-refractivity contribution is 7.16. The average molecular weight is 479 g/mol. The molecule has 3 heterocycles. The number of rotatable bonds is 7. The summed E-state index contributed by atoms with van der Waals surface area (Å²) < 4.78 is 5.35. The number of anilines is 1. The van der Waals surface area contributed by atoms with Gasteiger partial charge in [0.05, 0.1) is 25.3 Å². The molecule has 0 aliphatic carbocycles. The topological polar surface area (TPSA) is 123 Å². The lowest BCUT2D eigenvalue weighted by Gasteiger charge is -2.28. The zero-order valence-corrected chi connectivity index (χ0v) is 19.9. The molecule has 1 aliphatic rings. The van der Waals surface area contributed by atoms with Crippen molar-refractivity contribution in [2.45, 2.75) is 38.8 Å². The molecule has 0 bridgehead atoms. The maximum absolute atomic E-state index is 12.8. The smallest absolute Gasteiger partial charge is 0.318 e. The van der Waals surface area contributed by atoms with E-state index in [9.17, 15) is 14.9 Å². The SMILES string of the molecule is COc1ccccc1CCC(=O)Nc1sc2c(c1C#N)CCN(C(=O)NC(C)c1ncc[nH]1)C2. The number of hydrogen-bond donors (Lipinski definition) is 3. The molecule has 0 saturated carbocycles. The third kappa shape index (κ3) is 5.05. The fourth-order valence-corrected chi connectivity index (χ4v) is 5.22. The van der Waals surface area contributed by atoms with Crippen molar-refractivity contribution in [3.63, 3.8) is 0 Å². The van der Waals surface area contributed by atoms with Gasteiger partial charge in [0, 0.05) is 30.2 Å². The molecule has 34 heavy (non-hydrogen) atoms. The van der Waals surface area contributed by atoms with Gasteiger partial charge in [0.2, 0.25) is 5.91 Å². The lowest BCUT2D eigenvalue weighted by molar-refractivity contribution is -0.116. The third-order valence-corrected chi connectivity index (χ3v) is 6.92. The maximum atomic E-state index is 12.8. The molecule has 9 nitrogen and oxygen atoms in total. The predicted octanol–water partition coefficient (Wildman–Crippen LogP) is 3.75. The normalized spacial score (nSPS) is 13.5. The van der Waals surface area contributed by atoms with Crippen LogP contribution in [0.2, 0.25) is 0 Å². The van der Waals surface area contributed by atoms with E-state index in [0.29, 0.717) is 42.3 Å². The molecule has 3 amide bonds. The molecule has 1 aliphatic heterocycles. The summed E-state index contributed by atoms with van der Waals surface area (Å²) in [6.07, 6.45) is 4.73. The number of amides is 3. The van der Waals surface area contributed by atoms with Crippen molar-refractivity contribution in [2.24, 2.45) is 0 Å². The number of carbonyl (C=O) groups is 2. The molecule has 1 atom stereocenters. The molecule has 1 aromatic carbocycles. The van der Waals surface area contributed by atoms with Crippen molar-refractivity contribution in [1.82, 2.24) is 20.2 Å². The van der Waals surface area contributed by atoms with Crippen LogP contribution in [0.5, 0.6) is 5.75 Å². The minimum Gasteiger partial charge on any atom is -0.496 e. The van der Waals surface area contributed by atoms with Gasteiger partial charge < -0.3 is 25.3 Å². The number of benzene rings is 1. The standard InChI is InChI=1S/C24H26N6O3S/c1-15(22-26-10-11-27-22)28-24(32)30-12-9-17-18(13-25)23(34-20(17)14-30)29-21(31)8-7-16-5-3-4-6-19(16)33-2/h3-6,10-11,15H,7-9,12,14H2,1-2H3,(H,26,27)(H,28,32)(H,29,31). The van der Waals surface area contributed by atoms with Gasteiger partial charge >= 0.3 is 6.03 Å². The minimum atomic E-state index is -0.250. The molecule has 3 aromatic rings. The Hall–Kier alpha value is -3.84. The van der Waals surface area contributed by atoms with E-state index < -0.39 is 0 Å². The number of nitriles is 1. The Labute approximate surface area is 201 Å². The van der Waals surface area contributed by atoms with E-state index in [0.717, 1.165) is 21.8 Å². The summed E-state index contributed by atoms with van der Waals surface area (Å²) in [6.45, 7) is 2.75. The van der Waals surface area contributed by atoms with E-state index >= 15 is 0 Å². The molecule has 176 valence electrons.